The number of hydrogen-bond donors (Lipinski definition) is 2. The van der Waals surface area contributed by atoms with Crippen LogP contribution in [0.15, 0.2) is 54.7 Å². The van der Waals surface area contributed by atoms with Crippen molar-refractivity contribution in [3.8, 4) is 0 Å². The number of aromatic nitrogens is 1. The summed E-state index contributed by atoms with van der Waals surface area (Å²) < 4.78 is 1.94. The Bertz CT molecular complexity index is 932. The second kappa shape index (κ2) is 6.96. The van der Waals surface area contributed by atoms with Crippen molar-refractivity contribution in [2.45, 2.75) is 25.3 Å². The number of carbonyl (C=O) groups is 1. The molecule has 1 fully saturated rings. The van der Waals surface area contributed by atoms with Gasteiger partial charge >= 0.3 is 0 Å². The highest BCUT2D eigenvalue weighted by Gasteiger charge is 2.22. The molecule has 2 aromatic carbocycles. The van der Waals surface area contributed by atoms with Crippen LogP contribution in [0.2, 0.25) is 0 Å². The van der Waals surface area contributed by atoms with E-state index in [1.807, 2.05) is 42.8 Å². The van der Waals surface area contributed by atoms with Crippen LogP contribution >= 0.6 is 0 Å². The third-order valence-corrected chi connectivity index (χ3v) is 5.43. The molecule has 4 rings (SSSR count). The van der Waals surface area contributed by atoms with Crippen LogP contribution in [0.25, 0.3) is 10.8 Å². The first-order valence-corrected chi connectivity index (χ1v) is 9.29. The molecule has 1 saturated heterocycles. The van der Waals surface area contributed by atoms with Gasteiger partial charge in [-0.3, -0.25) is 4.79 Å². The fourth-order valence-corrected chi connectivity index (χ4v) is 3.95. The van der Waals surface area contributed by atoms with Crippen molar-refractivity contribution in [3.63, 3.8) is 0 Å². The fraction of sp³-hybridized carbons (Fsp3) is 0.318. The Morgan fingerprint density at radius 2 is 2.04 bits per heavy atom. The summed E-state index contributed by atoms with van der Waals surface area (Å²) >= 11 is 0. The molecule has 1 aliphatic heterocycles. The van der Waals surface area contributed by atoms with E-state index in [4.69, 9.17) is 0 Å². The third kappa shape index (κ3) is 3.13. The molecule has 0 bridgehead atoms. The van der Waals surface area contributed by atoms with Crippen molar-refractivity contribution in [2.75, 3.05) is 13.1 Å². The largest absolute Gasteiger partial charge is 0.346 e. The number of nitrogens with zero attached hydrogens (tertiary/aromatic N) is 1. The Morgan fingerprint density at radius 3 is 2.85 bits per heavy atom. The molecule has 0 radical (unpaired) electrons. The summed E-state index contributed by atoms with van der Waals surface area (Å²) in [5, 5.41) is 8.95. The molecule has 2 N–H and O–H groups in total. The minimum atomic E-state index is -0.0555. The number of amides is 1. The summed E-state index contributed by atoms with van der Waals surface area (Å²) in [7, 11) is 1.95. The van der Waals surface area contributed by atoms with Crippen LogP contribution in [-0.2, 0) is 7.05 Å². The molecule has 2 heterocycles. The van der Waals surface area contributed by atoms with Gasteiger partial charge in [0.2, 0.25) is 0 Å². The number of aryl methyl sites for hydroxylation is 1. The van der Waals surface area contributed by atoms with Crippen molar-refractivity contribution in [1.82, 2.24) is 15.2 Å². The minimum Gasteiger partial charge on any atom is -0.346 e. The summed E-state index contributed by atoms with van der Waals surface area (Å²) in [6.07, 6.45) is 3.23. The van der Waals surface area contributed by atoms with Crippen LogP contribution in [0, 0.1) is 0 Å². The standard InChI is InChI=1S/C22H25N3O/c1-15(19-9-5-7-16-6-3-4-8-20(16)19)24-22(26)21-12-18(14-25(21)2)17-10-11-23-13-17/h3-9,12,14-15,17,23H,10-11,13H2,1-2H3,(H,24,26)/t15-,17?/m1/s1. The molecule has 26 heavy (non-hydrogen) atoms. The second-order valence-corrected chi connectivity index (χ2v) is 7.22. The quantitative estimate of drug-likeness (QED) is 0.755. The lowest BCUT2D eigenvalue weighted by Gasteiger charge is -2.17. The van der Waals surface area contributed by atoms with Crippen molar-refractivity contribution in [1.29, 1.82) is 0 Å². The van der Waals surface area contributed by atoms with Crippen LogP contribution in [0.4, 0.5) is 0 Å². The van der Waals surface area contributed by atoms with Crippen LogP contribution < -0.4 is 10.6 Å². The van der Waals surface area contributed by atoms with E-state index in [1.54, 1.807) is 0 Å². The van der Waals surface area contributed by atoms with Crippen molar-refractivity contribution in [2.24, 2.45) is 7.05 Å². The zero-order valence-corrected chi connectivity index (χ0v) is 15.3. The molecule has 0 spiro atoms. The Morgan fingerprint density at radius 1 is 1.23 bits per heavy atom. The zero-order chi connectivity index (χ0) is 18.1. The SMILES string of the molecule is C[C@@H](NC(=O)c1cc(C2CCNC2)cn1C)c1cccc2ccccc12. The minimum absolute atomic E-state index is 0.0230. The lowest BCUT2D eigenvalue weighted by Crippen LogP contribution is -2.28. The van der Waals surface area contributed by atoms with Crippen LogP contribution in [-0.4, -0.2) is 23.6 Å². The summed E-state index contributed by atoms with van der Waals surface area (Å²) in [6, 6.07) is 16.5. The Balaban J connectivity index is 1.56. The maximum Gasteiger partial charge on any atom is 0.268 e. The second-order valence-electron chi connectivity index (χ2n) is 7.22. The van der Waals surface area contributed by atoms with Crippen LogP contribution in [0.5, 0.6) is 0 Å². The number of fused-ring (bicyclic) bond motifs is 1. The normalized spacial score (nSPS) is 18.2. The predicted octanol–water partition coefficient (Wildman–Crippen LogP) is 3.75. The predicted molar refractivity (Wildman–Crippen MR) is 105 cm³/mol. The van der Waals surface area contributed by atoms with Gasteiger partial charge in [-0.2, -0.15) is 0 Å². The highest BCUT2D eigenvalue weighted by Crippen LogP contribution is 2.26. The van der Waals surface area contributed by atoms with Gasteiger partial charge < -0.3 is 15.2 Å². The average Bonchev–Trinajstić information content (AvgIpc) is 3.30. The molecule has 1 aliphatic rings. The first-order valence-electron chi connectivity index (χ1n) is 9.29. The molecule has 2 atom stereocenters. The highest BCUT2D eigenvalue weighted by molar-refractivity contribution is 5.94. The van der Waals surface area contributed by atoms with E-state index in [0.29, 0.717) is 5.92 Å². The highest BCUT2D eigenvalue weighted by atomic mass is 16.2. The van der Waals surface area contributed by atoms with Gasteiger partial charge in [0.15, 0.2) is 0 Å². The van der Waals surface area contributed by atoms with Gasteiger partial charge in [-0.1, -0.05) is 42.5 Å². The summed E-state index contributed by atoms with van der Waals surface area (Å²) in [4.78, 5) is 12.9. The molecular formula is C22H25N3O. The van der Waals surface area contributed by atoms with E-state index in [1.165, 1.54) is 16.3 Å². The number of nitrogens with one attached hydrogen (secondary N) is 2. The van der Waals surface area contributed by atoms with Gasteiger partial charge in [-0.25, -0.2) is 0 Å². The van der Waals surface area contributed by atoms with Gasteiger partial charge in [0, 0.05) is 19.8 Å². The molecule has 134 valence electrons. The topological polar surface area (TPSA) is 46.1 Å². The van der Waals surface area contributed by atoms with E-state index in [-0.39, 0.29) is 11.9 Å². The van der Waals surface area contributed by atoms with Gasteiger partial charge in [0.05, 0.1) is 6.04 Å². The summed E-state index contributed by atoms with van der Waals surface area (Å²) in [5.74, 6) is 0.489. The van der Waals surface area contributed by atoms with Crippen molar-refractivity contribution in [3.05, 3.63) is 71.5 Å². The smallest absolute Gasteiger partial charge is 0.268 e. The van der Waals surface area contributed by atoms with Crippen LogP contribution in [0.1, 0.15) is 46.9 Å². The van der Waals surface area contributed by atoms with E-state index in [2.05, 4.69) is 41.1 Å². The van der Waals surface area contributed by atoms with Gasteiger partial charge in [0.25, 0.3) is 5.91 Å². The molecule has 1 aromatic heterocycles. The first-order chi connectivity index (χ1) is 12.6. The first kappa shape index (κ1) is 16.9. The van der Waals surface area contributed by atoms with Gasteiger partial charge in [-0.15, -0.1) is 0 Å². The number of hydrogen-bond acceptors (Lipinski definition) is 2. The Kier molecular flexibility index (Phi) is 4.51. The van der Waals surface area contributed by atoms with E-state index >= 15 is 0 Å². The monoisotopic (exact) mass is 347 g/mol. The molecule has 3 aromatic rings. The van der Waals surface area contributed by atoms with Gasteiger partial charge in [0.1, 0.15) is 5.69 Å². The van der Waals surface area contributed by atoms with E-state index < -0.39 is 0 Å². The summed E-state index contributed by atoms with van der Waals surface area (Å²) in [5.41, 5.74) is 3.12. The van der Waals surface area contributed by atoms with Gasteiger partial charge in [-0.05, 0) is 53.8 Å². The third-order valence-electron chi connectivity index (χ3n) is 5.43. The molecule has 1 amide bonds. The maximum atomic E-state index is 12.9. The van der Waals surface area contributed by atoms with Crippen LogP contribution in [0.3, 0.4) is 0 Å². The Labute approximate surface area is 154 Å². The summed E-state index contributed by atoms with van der Waals surface area (Å²) in [6.45, 7) is 4.10. The Hall–Kier alpha value is -2.59. The van der Waals surface area contributed by atoms with Crippen molar-refractivity contribution >= 4 is 16.7 Å². The maximum absolute atomic E-state index is 12.9. The van der Waals surface area contributed by atoms with Crippen molar-refractivity contribution < 1.29 is 4.79 Å². The lowest BCUT2D eigenvalue weighted by atomic mass is 9.99. The molecular weight excluding hydrogens is 322 g/mol. The molecule has 1 unspecified atom stereocenters. The zero-order valence-electron chi connectivity index (χ0n) is 15.3. The van der Waals surface area contributed by atoms with E-state index in [0.717, 1.165) is 30.8 Å². The number of carbonyl (C=O) groups excluding carboxylic acids is 1. The lowest BCUT2D eigenvalue weighted by molar-refractivity contribution is 0.0932. The number of rotatable bonds is 4. The number of benzene rings is 2. The fourth-order valence-electron chi connectivity index (χ4n) is 3.95. The molecule has 4 heteroatoms. The molecule has 0 aliphatic carbocycles. The molecule has 0 saturated carbocycles. The molecule has 4 nitrogen and oxygen atoms in total. The van der Waals surface area contributed by atoms with E-state index in [9.17, 15) is 4.79 Å². The average molecular weight is 347 g/mol.